The van der Waals surface area contributed by atoms with Crippen molar-refractivity contribution in [2.75, 3.05) is 4.90 Å². The summed E-state index contributed by atoms with van der Waals surface area (Å²) in [5, 5.41) is 2.68. The Bertz CT molecular complexity index is 2340. The third-order valence-corrected chi connectivity index (χ3v) is 11.2. The minimum absolute atomic E-state index is 0.0882. The molecule has 0 spiro atoms. The molecule has 214 valence electrons. The fourth-order valence-electron chi connectivity index (χ4n) is 9.22. The van der Waals surface area contributed by atoms with E-state index >= 15 is 0 Å². The maximum Gasteiger partial charge on any atom is 0.248 e. The van der Waals surface area contributed by atoms with E-state index in [1.54, 1.807) is 0 Å². The molecule has 0 atom stereocenters. The average molecular weight is 577 g/mol. The number of aromatic nitrogens is 1. The molecule has 6 aromatic carbocycles. The summed E-state index contributed by atoms with van der Waals surface area (Å²) in [5.74, 6) is 0. The van der Waals surface area contributed by atoms with Gasteiger partial charge in [-0.1, -0.05) is 118 Å². The molecule has 0 saturated carbocycles. The standard InChI is InChI=1S/C42H33BN2/c1-41(2)31-19-13-20-32-37(31)43-38-34(42(32,3)4)24-28(44(26-14-7-5-8-15-26)27-16-9-6-10-17-27)25-36(38)45-35-21-12-11-18-29(35)30-22-23-33(41)39(43)40(30)45/h5-25H,1-4H3. The molecule has 0 radical (unpaired) electrons. The van der Waals surface area contributed by atoms with E-state index in [-0.39, 0.29) is 17.5 Å². The zero-order valence-corrected chi connectivity index (χ0v) is 26.1. The van der Waals surface area contributed by atoms with Crippen molar-refractivity contribution in [2.45, 2.75) is 38.5 Å². The van der Waals surface area contributed by atoms with E-state index in [9.17, 15) is 0 Å². The summed E-state index contributed by atoms with van der Waals surface area (Å²) < 4.78 is 2.61. The lowest BCUT2D eigenvalue weighted by molar-refractivity contribution is 0.621. The van der Waals surface area contributed by atoms with E-state index in [1.165, 1.54) is 71.8 Å². The van der Waals surface area contributed by atoms with Crippen molar-refractivity contribution in [1.82, 2.24) is 4.57 Å². The van der Waals surface area contributed by atoms with Crippen molar-refractivity contribution in [3.63, 3.8) is 0 Å². The first kappa shape index (κ1) is 25.3. The molecule has 0 bridgehead atoms. The van der Waals surface area contributed by atoms with Gasteiger partial charge in [-0.15, -0.1) is 0 Å². The lowest BCUT2D eigenvalue weighted by atomic mass is 9.26. The molecule has 3 aliphatic heterocycles. The second-order valence-corrected chi connectivity index (χ2v) is 14.2. The Labute approximate surface area is 264 Å². The molecule has 0 unspecified atom stereocenters. The Morgan fingerprint density at radius 2 is 1.09 bits per heavy atom. The molecule has 1 aromatic heterocycles. The van der Waals surface area contributed by atoms with Gasteiger partial charge in [-0.2, -0.15) is 0 Å². The third kappa shape index (κ3) is 3.02. The van der Waals surface area contributed by atoms with Crippen LogP contribution in [0, 0.1) is 0 Å². The molecule has 0 N–H and O–H groups in total. The van der Waals surface area contributed by atoms with Crippen molar-refractivity contribution in [1.29, 1.82) is 0 Å². The summed E-state index contributed by atoms with van der Waals surface area (Å²) in [6.07, 6.45) is 0. The summed E-state index contributed by atoms with van der Waals surface area (Å²) >= 11 is 0. The Balaban J connectivity index is 1.41. The van der Waals surface area contributed by atoms with Crippen molar-refractivity contribution in [2.24, 2.45) is 0 Å². The summed E-state index contributed by atoms with van der Waals surface area (Å²) in [6.45, 7) is 9.97. The van der Waals surface area contributed by atoms with Crippen molar-refractivity contribution in [3.05, 3.63) is 150 Å². The Morgan fingerprint density at radius 1 is 0.489 bits per heavy atom. The normalized spacial score (nSPS) is 15.9. The number of nitrogens with zero attached hydrogens (tertiary/aromatic N) is 2. The van der Waals surface area contributed by atoms with Crippen LogP contribution >= 0.6 is 0 Å². The van der Waals surface area contributed by atoms with Crippen LogP contribution in [0.25, 0.3) is 27.5 Å². The number of fused-ring (bicyclic) bond motifs is 4. The van der Waals surface area contributed by atoms with Crippen molar-refractivity contribution < 1.29 is 0 Å². The molecule has 0 amide bonds. The van der Waals surface area contributed by atoms with Crippen LogP contribution in [0.4, 0.5) is 17.1 Å². The van der Waals surface area contributed by atoms with Gasteiger partial charge in [0.1, 0.15) is 0 Å². The van der Waals surface area contributed by atoms with Crippen LogP contribution in [0.2, 0.25) is 0 Å². The zero-order valence-electron chi connectivity index (χ0n) is 26.1. The van der Waals surface area contributed by atoms with Crippen LogP contribution in [0.5, 0.6) is 0 Å². The topological polar surface area (TPSA) is 8.17 Å². The molecule has 45 heavy (non-hydrogen) atoms. The highest BCUT2D eigenvalue weighted by Crippen LogP contribution is 2.48. The molecule has 4 heterocycles. The molecular weight excluding hydrogens is 543 g/mol. The first-order valence-corrected chi connectivity index (χ1v) is 16.2. The van der Waals surface area contributed by atoms with E-state index in [4.69, 9.17) is 0 Å². The van der Waals surface area contributed by atoms with Gasteiger partial charge in [-0.05, 0) is 75.6 Å². The first-order chi connectivity index (χ1) is 21.9. The summed E-state index contributed by atoms with van der Waals surface area (Å²) in [4.78, 5) is 2.43. The number of benzene rings is 6. The van der Waals surface area contributed by atoms with Gasteiger partial charge in [-0.3, -0.25) is 0 Å². The second kappa shape index (κ2) is 8.37. The van der Waals surface area contributed by atoms with Gasteiger partial charge >= 0.3 is 0 Å². The van der Waals surface area contributed by atoms with Crippen LogP contribution in [-0.2, 0) is 10.8 Å². The lowest BCUT2D eigenvalue weighted by Gasteiger charge is -2.49. The van der Waals surface area contributed by atoms with Gasteiger partial charge in [0.2, 0.25) is 6.71 Å². The number of hydrogen-bond donors (Lipinski definition) is 0. The Hall–Kier alpha value is -5.02. The minimum atomic E-state index is -0.178. The third-order valence-electron chi connectivity index (χ3n) is 11.2. The molecule has 2 nitrogen and oxygen atoms in total. The van der Waals surface area contributed by atoms with Crippen LogP contribution in [0.15, 0.2) is 127 Å². The number of para-hydroxylation sites is 3. The molecular formula is C42H33BN2. The van der Waals surface area contributed by atoms with Gasteiger partial charge in [0, 0.05) is 49.9 Å². The summed E-state index contributed by atoms with van der Waals surface area (Å²) in [5.41, 5.74) is 17.6. The predicted molar refractivity (Wildman–Crippen MR) is 191 cm³/mol. The quantitative estimate of drug-likeness (QED) is 0.192. The van der Waals surface area contributed by atoms with Gasteiger partial charge < -0.3 is 9.47 Å². The van der Waals surface area contributed by atoms with Gasteiger partial charge in [0.15, 0.2) is 0 Å². The van der Waals surface area contributed by atoms with Gasteiger partial charge in [-0.25, -0.2) is 0 Å². The Morgan fingerprint density at radius 3 is 1.78 bits per heavy atom. The van der Waals surface area contributed by atoms with Gasteiger partial charge in [0.05, 0.1) is 5.52 Å². The number of rotatable bonds is 3. The lowest BCUT2D eigenvalue weighted by Crippen LogP contribution is -2.68. The van der Waals surface area contributed by atoms with Crippen LogP contribution in [-0.4, -0.2) is 11.3 Å². The van der Waals surface area contributed by atoms with Crippen LogP contribution in [0.1, 0.15) is 49.9 Å². The van der Waals surface area contributed by atoms with Crippen molar-refractivity contribution >= 4 is 62.0 Å². The fraction of sp³-hybridized carbons (Fsp3) is 0.143. The van der Waals surface area contributed by atoms with Gasteiger partial charge in [0.25, 0.3) is 0 Å². The van der Waals surface area contributed by atoms with E-state index in [2.05, 4.69) is 165 Å². The minimum Gasteiger partial charge on any atom is -0.310 e. The molecule has 0 fully saturated rings. The van der Waals surface area contributed by atoms with E-state index in [0.717, 1.165) is 11.4 Å². The molecule has 10 rings (SSSR count). The highest BCUT2D eigenvalue weighted by Gasteiger charge is 2.52. The number of hydrogen-bond acceptors (Lipinski definition) is 1. The summed E-state index contributed by atoms with van der Waals surface area (Å²) in [7, 11) is 0. The van der Waals surface area contributed by atoms with Crippen molar-refractivity contribution in [3.8, 4) is 5.69 Å². The molecule has 0 saturated heterocycles. The van der Waals surface area contributed by atoms with Crippen LogP contribution < -0.4 is 21.3 Å². The highest BCUT2D eigenvalue weighted by molar-refractivity contribution is 7.00. The Kier molecular flexibility index (Phi) is 4.71. The number of anilines is 3. The molecule has 3 aliphatic rings. The van der Waals surface area contributed by atoms with Crippen LogP contribution in [0.3, 0.4) is 0 Å². The molecule has 3 heteroatoms. The highest BCUT2D eigenvalue weighted by atomic mass is 15.1. The maximum atomic E-state index is 2.61. The second-order valence-electron chi connectivity index (χ2n) is 14.2. The molecule has 0 aliphatic carbocycles. The SMILES string of the molecule is CC1(C)c2cc(N(c3ccccc3)c3ccccc3)cc3c2B2c4c1cccc4C(C)(C)c1ccc4c5ccccc5n-3c4c12. The zero-order chi connectivity index (χ0) is 30.2. The predicted octanol–water partition coefficient (Wildman–Crippen LogP) is 8.36. The first-order valence-electron chi connectivity index (χ1n) is 16.2. The maximum absolute atomic E-state index is 2.61. The van der Waals surface area contributed by atoms with E-state index < -0.39 is 0 Å². The fourth-order valence-corrected chi connectivity index (χ4v) is 9.22. The van der Waals surface area contributed by atoms with E-state index in [0.29, 0.717) is 0 Å². The monoisotopic (exact) mass is 576 g/mol. The smallest absolute Gasteiger partial charge is 0.248 e. The average Bonchev–Trinajstić information content (AvgIpc) is 3.40. The summed E-state index contributed by atoms with van der Waals surface area (Å²) in [6, 6.07) is 47.6. The molecule has 7 aromatic rings. The van der Waals surface area contributed by atoms with E-state index in [1.807, 2.05) is 0 Å². The largest absolute Gasteiger partial charge is 0.310 e.